The van der Waals surface area contributed by atoms with E-state index in [4.69, 9.17) is 4.42 Å². The predicted molar refractivity (Wildman–Crippen MR) is 85.0 cm³/mol. The summed E-state index contributed by atoms with van der Waals surface area (Å²) < 4.78 is 19.2. The molecule has 0 saturated carbocycles. The molecule has 1 amide bonds. The van der Waals surface area contributed by atoms with Crippen molar-refractivity contribution in [2.75, 3.05) is 4.90 Å². The van der Waals surface area contributed by atoms with E-state index in [9.17, 15) is 19.1 Å². The second kappa shape index (κ2) is 5.96. The Morgan fingerprint density at radius 1 is 1.33 bits per heavy atom. The molecule has 1 aliphatic rings. The quantitative estimate of drug-likeness (QED) is 0.930. The fourth-order valence-corrected chi connectivity index (χ4v) is 2.84. The summed E-state index contributed by atoms with van der Waals surface area (Å²) in [6, 6.07) is 7.85. The van der Waals surface area contributed by atoms with Gasteiger partial charge < -0.3 is 9.52 Å². The molecule has 24 heavy (non-hydrogen) atoms. The van der Waals surface area contributed by atoms with E-state index in [1.165, 1.54) is 29.2 Å². The lowest BCUT2D eigenvalue weighted by Crippen LogP contribution is -2.30. The number of anilines is 1. The summed E-state index contributed by atoms with van der Waals surface area (Å²) in [6.45, 7) is 3.38. The van der Waals surface area contributed by atoms with E-state index in [0.717, 1.165) is 0 Å². The fourth-order valence-electron chi connectivity index (χ4n) is 2.84. The van der Waals surface area contributed by atoms with E-state index < -0.39 is 23.5 Å². The number of hydrogen-bond donors (Lipinski definition) is 1. The first-order valence-corrected chi connectivity index (χ1v) is 7.55. The Kier molecular flexibility index (Phi) is 3.97. The molecule has 1 aliphatic heterocycles. The van der Waals surface area contributed by atoms with Gasteiger partial charge in [-0.15, -0.1) is 0 Å². The van der Waals surface area contributed by atoms with Gasteiger partial charge in [-0.05, 0) is 37.3 Å². The molecule has 3 rings (SSSR count). The van der Waals surface area contributed by atoms with Crippen molar-refractivity contribution in [1.82, 2.24) is 0 Å². The van der Waals surface area contributed by atoms with Crippen LogP contribution >= 0.6 is 0 Å². The molecular formula is C18H16FNO4. The number of carbonyl (C=O) groups excluding carboxylic acids is 2. The van der Waals surface area contributed by atoms with Crippen LogP contribution in [-0.2, 0) is 9.59 Å². The molecule has 2 heterocycles. The van der Waals surface area contributed by atoms with Gasteiger partial charge in [-0.3, -0.25) is 14.5 Å². The van der Waals surface area contributed by atoms with Crippen LogP contribution in [0.1, 0.15) is 30.9 Å². The van der Waals surface area contributed by atoms with Gasteiger partial charge in [0.2, 0.25) is 0 Å². The number of benzene rings is 1. The van der Waals surface area contributed by atoms with Crippen LogP contribution in [0.5, 0.6) is 0 Å². The molecule has 1 aromatic heterocycles. The Hall–Kier alpha value is -2.89. The number of halogens is 1. The molecular weight excluding hydrogens is 313 g/mol. The van der Waals surface area contributed by atoms with E-state index >= 15 is 0 Å². The number of amides is 1. The SMILES string of the molecule is CCC(=O)C1=C(O)C(=O)N(c2cccc(F)c2)C1c1ccc(C)o1. The van der Waals surface area contributed by atoms with E-state index in [0.29, 0.717) is 11.5 Å². The van der Waals surface area contributed by atoms with Crippen molar-refractivity contribution in [1.29, 1.82) is 0 Å². The topological polar surface area (TPSA) is 70.8 Å². The first kappa shape index (κ1) is 16.0. The lowest BCUT2D eigenvalue weighted by molar-refractivity contribution is -0.118. The summed E-state index contributed by atoms with van der Waals surface area (Å²) in [4.78, 5) is 26.0. The number of Topliss-reactive ketones (excluding diaryl/α,β-unsaturated/α-hetero) is 1. The second-order valence-corrected chi connectivity index (χ2v) is 5.54. The zero-order valence-corrected chi connectivity index (χ0v) is 13.2. The van der Waals surface area contributed by atoms with Crippen LogP contribution in [0.2, 0.25) is 0 Å². The maximum Gasteiger partial charge on any atom is 0.294 e. The standard InChI is InChI=1S/C18H16FNO4/c1-3-13(21)15-16(14-8-7-10(2)24-14)20(18(23)17(15)22)12-6-4-5-11(19)9-12/h4-9,16,22H,3H2,1-2H3. The third-order valence-electron chi connectivity index (χ3n) is 3.95. The lowest BCUT2D eigenvalue weighted by atomic mass is 9.99. The molecule has 0 fully saturated rings. The molecule has 0 radical (unpaired) electrons. The van der Waals surface area contributed by atoms with Crippen molar-refractivity contribution in [2.24, 2.45) is 0 Å². The molecule has 0 saturated heterocycles. The van der Waals surface area contributed by atoms with Gasteiger partial charge in [0.15, 0.2) is 11.5 Å². The number of aryl methyl sites for hydroxylation is 1. The number of ketones is 1. The minimum Gasteiger partial charge on any atom is -0.503 e. The molecule has 1 atom stereocenters. The van der Waals surface area contributed by atoms with Gasteiger partial charge in [0.25, 0.3) is 5.91 Å². The molecule has 5 nitrogen and oxygen atoms in total. The number of furan rings is 1. The third kappa shape index (κ3) is 2.50. The summed E-state index contributed by atoms with van der Waals surface area (Å²) >= 11 is 0. The Morgan fingerprint density at radius 3 is 2.67 bits per heavy atom. The Labute approximate surface area is 138 Å². The Morgan fingerprint density at radius 2 is 2.08 bits per heavy atom. The molecule has 0 aliphatic carbocycles. The predicted octanol–water partition coefficient (Wildman–Crippen LogP) is 3.61. The number of carbonyl (C=O) groups is 2. The van der Waals surface area contributed by atoms with E-state index in [1.54, 1.807) is 26.0 Å². The van der Waals surface area contributed by atoms with Gasteiger partial charge in [0, 0.05) is 12.1 Å². The van der Waals surface area contributed by atoms with Gasteiger partial charge in [0.1, 0.15) is 23.4 Å². The van der Waals surface area contributed by atoms with Crippen molar-refractivity contribution >= 4 is 17.4 Å². The zero-order chi connectivity index (χ0) is 17.4. The van der Waals surface area contributed by atoms with Crippen LogP contribution in [0.4, 0.5) is 10.1 Å². The molecule has 1 aromatic carbocycles. The largest absolute Gasteiger partial charge is 0.503 e. The highest BCUT2D eigenvalue weighted by Gasteiger charge is 2.45. The van der Waals surface area contributed by atoms with Crippen LogP contribution in [0.25, 0.3) is 0 Å². The minimum absolute atomic E-state index is 0.0267. The van der Waals surface area contributed by atoms with E-state index in [2.05, 4.69) is 0 Å². The summed E-state index contributed by atoms with van der Waals surface area (Å²) in [5.41, 5.74) is 0.214. The average Bonchev–Trinajstić information content (AvgIpc) is 3.09. The van der Waals surface area contributed by atoms with Crippen molar-refractivity contribution in [3.8, 4) is 0 Å². The molecule has 1 unspecified atom stereocenters. The highest BCUT2D eigenvalue weighted by atomic mass is 19.1. The highest BCUT2D eigenvalue weighted by Crippen LogP contribution is 2.41. The highest BCUT2D eigenvalue weighted by molar-refractivity contribution is 6.16. The first-order chi connectivity index (χ1) is 11.4. The fraction of sp³-hybridized carbons (Fsp3) is 0.222. The summed E-state index contributed by atoms with van der Waals surface area (Å²) in [5.74, 6) is -1.32. The van der Waals surface area contributed by atoms with Crippen molar-refractivity contribution in [2.45, 2.75) is 26.3 Å². The maximum atomic E-state index is 13.6. The Balaban J connectivity index is 2.18. The third-order valence-corrected chi connectivity index (χ3v) is 3.95. The number of hydrogen-bond acceptors (Lipinski definition) is 4. The van der Waals surface area contributed by atoms with Gasteiger partial charge >= 0.3 is 0 Å². The second-order valence-electron chi connectivity index (χ2n) is 5.54. The van der Waals surface area contributed by atoms with Crippen LogP contribution in [0, 0.1) is 12.7 Å². The van der Waals surface area contributed by atoms with Gasteiger partial charge in [-0.25, -0.2) is 4.39 Å². The van der Waals surface area contributed by atoms with Crippen LogP contribution < -0.4 is 4.90 Å². The average molecular weight is 329 g/mol. The van der Waals surface area contributed by atoms with E-state index in [-0.39, 0.29) is 23.5 Å². The van der Waals surface area contributed by atoms with Gasteiger partial charge in [-0.1, -0.05) is 13.0 Å². The molecule has 2 aromatic rings. The normalized spacial score (nSPS) is 17.7. The van der Waals surface area contributed by atoms with Crippen LogP contribution in [-0.4, -0.2) is 16.8 Å². The molecule has 0 bridgehead atoms. The monoisotopic (exact) mass is 329 g/mol. The zero-order valence-electron chi connectivity index (χ0n) is 13.2. The lowest BCUT2D eigenvalue weighted by Gasteiger charge is -2.24. The maximum absolute atomic E-state index is 13.6. The molecule has 0 spiro atoms. The van der Waals surface area contributed by atoms with Crippen molar-refractivity contribution < 1.29 is 23.5 Å². The van der Waals surface area contributed by atoms with Gasteiger partial charge in [-0.2, -0.15) is 0 Å². The molecule has 1 N–H and O–H groups in total. The first-order valence-electron chi connectivity index (χ1n) is 7.55. The number of aliphatic hydroxyl groups excluding tert-OH is 1. The molecule has 6 heteroatoms. The summed E-state index contributed by atoms with van der Waals surface area (Å²) in [5, 5.41) is 10.2. The van der Waals surface area contributed by atoms with Crippen molar-refractivity contribution in [3.05, 3.63) is 65.1 Å². The number of nitrogens with zero attached hydrogens (tertiary/aromatic N) is 1. The summed E-state index contributed by atoms with van der Waals surface area (Å²) in [7, 11) is 0. The van der Waals surface area contributed by atoms with Crippen molar-refractivity contribution in [3.63, 3.8) is 0 Å². The number of aliphatic hydroxyl groups is 1. The molecule has 124 valence electrons. The Bertz CT molecular complexity index is 852. The van der Waals surface area contributed by atoms with E-state index in [1.807, 2.05) is 0 Å². The minimum atomic E-state index is -0.916. The van der Waals surface area contributed by atoms with Crippen LogP contribution in [0.15, 0.2) is 52.1 Å². The smallest absolute Gasteiger partial charge is 0.294 e. The number of rotatable bonds is 4. The van der Waals surface area contributed by atoms with Gasteiger partial charge in [0.05, 0.1) is 5.57 Å². The summed E-state index contributed by atoms with van der Waals surface area (Å²) in [6.07, 6.45) is 0.125. The van der Waals surface area contributed by atoms with Crippen LogP contribution in [0.3, 0.4) is 0 Å².